The fraction of sp³-hybridized carbons (Fsp3) is 0.417. The molecular weight excluding hydrogens is 232 g/mol. The van der Waals surface area contributed by atoms with Crippen molar-refractivity contribution in [3.05, 3.63) is 24.4 Å². The maximum atomic E-state index is 11.4. The molecule has 0 radical (unpaired) electrons. The summed E-state index contributed by atoms with van der Waals surface area (Å²) in [5.74, 6) is 0.466. The quantitative estimate of drug-likeness (QED) is 0.723. The Morgan fingerprint density at radius 2 is 2.17 bits per heavy atom. The smallest absolute Gasteiger partial charge is 0.320 e. The molecule has 6 heteroatoms. The van der Waals surface area contributed by atoms with Gasteiger partial charge in [-0.15, -0.1) is 0 Å². The second kappa shape index (κ2) is 6.00. The summed E-state index contributed by atoms with van der Waals surface area (Å²) in [5.41, 5.74) is 0. The molecule has 6 nitrogen and oxygen atoms in total. The molecule has 1 saturated carbocycles. The third-order valence-corrected chi connectivity index (χ3v) is 2.49. The number of urea groups is 1. The Labute approximate surface area is 105 Å². The average molecular weight is 248 g/mol. The van der Waals surface area contributed by atoms with Crippen molar-refractivity contribution in [3.63, 3.8) is 0 Å². The molecule has 1 aliphatic rings. The van der Waals surface area contributed by atoms with E-state index in [1.165, 1.54) is 0 Å². The van der Waals surface area contributed by atoms with E-state index in [9.17, 15) is 9.59 Å². The van der Waals surface area contributed by atoms with Crippen molar-refractivity contribution in [3.8, 4) is 0 Å². The molecule has 1 aromatic heterocycles. The van der Waals surface area contributed by atoms with Crippen molar-refractivity contribution in [1.29, 1.82) is 0 Å². The van der Waals surface area contributed by atoms with E-state index in [-0.39, 0.29) is 11.9 Å². The number of rotatable bonds is 5. The number of nitrogens with one attached hydrogen (secondary N) is 3. The molecule has 0 aliphatic heterocycles. The van der Waals surface area contributed by atoms with E-state index in [0.29, 0.717) is 24.8 Å². The van der Waals surface area contributed by atoms with Gasteiger partial charge in [-0.05, 0) is 25.0 Å². The van der Waals surface area contributed by atoms with Gasteiger partial charge in [0, 0.05) is 25.2 Å². The van der Waals surface area contributed by atoms with E-state index < -0.39 is 0 Å². The lowest BCUT2D eigenvalue weighted by Gasteiger charge is -2.07. The van der Waals surface area contributed by atoms with Gasteiger partial charge in [-0.25, -0.2) is 9.78 Å². The summed E-state index contributed by atoms with van der Waals surface area (Å²) in [4.78, 5) is 26.7. The minimum atomic E-state index is -0.354. The van der Waals surface area contributed by atoms with Gasteiger partial charge in [-0.2, -0.15) is 0 Å². The maximum absolute atomic E-state index is 11.4. The van der Waals surface area contributed by atoms with Crippen LogP contribution in [0.3, 0.4) is 0 Å². The Morgan fingerprint density at radius 3 is 2.83 bits per heavy atom. The Kier molecular flexibility index (Phi) is 4.11. The average Bonchev–Trinajstić information content (AvgIpc) is 3.14. The zero-order valence-electron chi connectivity index (χ0n) is 9.98. The molecule has 0 saturated heterocycles. The van der Waals surface area contributed by atoms with Crippen molar-refractivity contribution < 1.29 is 9.59 Å². The fourth-order valence-corrected chi connectivity index (χ4v) is 1.41. The first-order valence-corrected chi connectivity index (χ1v) is 5.99. The lowest BCUT2D eigenvalue weighted by Crippen LogP contribution is -2.34. The summed E-state index contributed by atoms with van der Waals surface area (Å²) < 4.78 is 0. The first-order chi connectivity index (χ1) is 8.74. The lowest BCUT2D eigenvalue weighted by atomic mass is 10.4. The highest BCUT2D eigenvalue weighted by atomic mass is 16.2. The summed E-state index contributed by atoms with van der Waals surface area (Å²) in [6, 6.07) is 5.25. The van der Waals surface area contributed by atoms with Crippen LogP contribution < -0.4 is 16.0 Å². The van der Waals surface area contributed by atoms with Gasteiger partial charge >= 0.3 is 6.03 Å². The van der Waals surface area contributed by atoms with Crippen molar-refractivity contribution in [2.45, 2.75) is 25.3 Å². The zero-order valence-corrected chi connectivity index (χ0v) is 9.98. The van der Waals surface area contributed by atoms with Crippen LogP contribution in [0.5, 0.6) is 0 Å². The second-order valence-corrected chi connectivity index (χ2v) is 4.19. The Bertz CT molecular complexity index is 417. The number of nitrogens with zero attached hydrogens (tertiary/aromatic N) is 1. The molecule has 18 heavy (non-hydrogen) atoms. The van der Waals surface area contributed by atoms with Crippen LogP contribution >= 0.6 is 0 Å². The Morgan fingerprint density at radius 1 is 1.33 bits per heavy atom. The van der Waals surface area contributed by atoms with Crippen LogP contribution in [0, 0.1) is 0 Å². The molecule has 0 spiro atoms. The van der Waals surface area contributed by atoms with Crippen LogP contribution in [0.1, 0.15) is 19.3 Å². The summed E-state index contributed by atoms with van der Waals surface area (Å²) >= 11 is 0. The summed E-state index contributed by atoms with van der Waals surface area (Å²) in [7, 11) is 0. The number of pyridine rings is 1. The van der Waals surface area contributed by atoms with Gasteiger partial charge in [0.05, 0.1) is 0 Å². The molecule has 1 aromatic rings. The molecule has 0 unspecified atom stereocenters. The molecule has 2 rings (SSSR count). The molecule has 96 valence electrons. The number of aromatic nitrogens is 1. The van der Waals surface area contributed by atoms with Crippen LogP contribution in [0.25, 0.3) is 0 Å². The van der Waals surface area contributed by atoms with Crippen LogP contribution in [0.15, 0.2) is 24.4 Å². The molecule has 1 aliphatic carbocycles. The molecule has 0 atom stereocenters. The maximum Gasteiger partial charge on any atom is 0.320 e. The van der Waals surface area contributed by atoms with Gasteiger partial charge in [0.2, 0.25) is 5.91 Å². The molecule has 1 heterocycles. The molecular formula is C12H16N4O2. The third-order valence-electron chi connectivity index (χ3n) is 2.49. The van der Waals surface area contributed by atoms with E-state index in [2.05, 4.69) is 20.9 Å². The van der Waals surface area contributed by atoms with Crippen molar-refractivity contribution in [2.24, 2.45) is 0 Å². The van der Waals surface area contributed by atoms with Crippen molar-refractivity contribution in [2.75, 3.05) is 11.9 Å². The Hall–Kier alpha value is -2.11. The highest BCUT2D eigenvalue weighted by molar-refractivity contribution is 5.88. The van der Waals surface area contributed by atoms with Crippen molar-refractivity contribution >= 4 is 17.8 Å². The lowest BCUT2D eigenvalue weighted by molar-refractivity contribution is -0.121. The number of carbonyl (C=O) groups is 2. The van der Waals surface area contributed by atoms with Gasteiger partial charge in [0.1, 0.15) is 5.82 Å². The van der Waals surface area contributed by atoms with E-state index in [1.807, 2.05) is 0 Å². The first-order valence-electron chi connectivity index (χ1n) is 5.99. The standard InChI is InChI=1S/C12H16N4O2/c17-11(15-9-4-5-9)6-8-14-12(18)16-10-3-1-2-7-13-10/h1-3,7,9H,4-6,8H2,(H,15,17)(H2,13,14,16,18). The minimum absolute atomic E-state index is 0.0179. The number of anilines is 1. The second-order valence-electron chi connectivity index (χ2n) is 4.19. The van der Waals surface area contributed by atoms with Gasteiger partial charge < -0.3 is 10.6 Å². The largest absolute Gasteiger partial charge is 0.353 e. The summed E-state index contributed by atoms with van der Waals surface area (Å²) in [6.07, 6.45) is 4.03. The normalized spacial score (nSPS) is 13.8. The van der Waals surface area contributed by atoms with Gasteiger partial charge in [0.15, 0.2) is 0 Å². The molecule has 3 N–H and O–H groups in total. The van der Waals surface area contributed by atoms with Crippen LogP contribution in [-0.4, -0.2) is 29.5 Å². The first kappa shape index (κ1) is 12.3. The monoisotopic (exact) mass is 248 g/mol. The summed E-state index contributed by atoms with van der Waals surface area (Å²) in [6.45, 7) is 0.317. The van der Waals surface area contributed by atoms with Gasteiger partial charge in [0.25, 0.3) is 0 Å². The minimum Gasteiger partial charge on any atom is -0.353 e. The van der Waals surface area contributed by atoms with E-state index in [0.717, 1.165) is 12.8 Å². The predicted octanol–water partition coefficient (Wildman–Crippen LogP) is 0.872. The Balaban J connectivity index is 1.61. The molecule has 3 amide bonds. The number of hydrogen-bond acceptors (Lipinski definition) is 3. The topological polar surface area (TPSA) is 83.1 Å². The van der Waals surface area contributed by atoms with Gasteiger partial charge in [-0.1, -0.05) is 6.07 Å². The zero-order chi connectivity index (χ0) is 12.8. The molecule has 1 fully saturated rings. The number of hydrogen-bond donors (Lipinski definition) is 3. The van der Waals surface area contributed by atoms with Crippen molar-refractivity contribution in [1.82, 2.24) is 15.6 Å². The van der Waals surface area contributed by atoms with E-state index >= 15 is 0 Å². The predicted molar refractivity (Wildman–Crippen MR) is 67.0 cm³/mol. The number of carbonyl (C=O) groups excluding carboxylic acids is 2. The van der Waals surface area contributed by atoms with Crippen LogP contribution in [-0.2, 0) is 4.79 Å². The number of amides is 3. The summed E-state index contributed by atoms with van der Waals surface area (Å²) in [5, 5.41) is 8.04. The van der Waals surface area contributed by atoms with Crippen LogP contribution in [0.4, 0.5) is 10.6 Å². The van der Waals surface area contributed by atoms with Crippen LogP contribution in [0.2, 0.25) is 0 Å². The molecule has 0 bridgehead atoms. The SMILES string of the molecule is O=C(CCNC(=O)Nc1ccccn1)NC1CC1. The highest BCUT2D eigenvalue weighted by Crippen LogP contribution is 2.18. The third kappa shape index (κ3) is 4.40. The fourth-order valence-electron chi connectivity index (χ4n) is 1.41. The highest BCUT2D eigenvalue weighted by Gasteiger charge is 2.22. The van der Waals surface area contributed by atoms with Gasteiger partial charge in [-0.3, -0.25) is 10.1 Å². The van der Waals surface area contributed by atoms with E-state index in [1.54, 1.807) is 24.4 Å². The van der Waals surface area contributed by atoms with E-state index in [4.69, 9.17) is 0 Å². The molecule has 0 aromatic carbocycles.